The molecule has 0 aliphatic rings. The largest absolute Gasteiger partial charge is 0.481 e. The number of nitro benzene ring substituents is 1. The number of rotatable bonds is 5. The van der Waals surface area contributed by atoms with Crippen molar-refractivity contribution in [1.29, 1.82) is 0 Å². The minimum absolute atomic E-state index is 0.0393. The van der Waals surface area contributed by atoms with Crippen molar-refractivity contribution >= 4 is 17.3 Å². The second-order valence-corrected chi connectivity index (χ2v) is 3.85. The maximum absolute atomic E-state index is 10.8. The van der Waals surface area contributed by atoms with Crippen LogP contribution < -0.4 is 5.32 Å². The topological polar surface area (TPSA) is 92.5 Å². The molecule has 1 rings (SSSR count). The van der Waals surface area contributed by atoms with E-state index in [1.807, 2.05) is 0 Å². The molecule has 0 spiro atoms. The molecule has 92 valence electrons. The highest BCUT2D eigenvalue weighted by Crippen LogP contribution is 2.27. The Labute approximate surface area is 98.4 Å². The Morgan fingerprint density at radius 3 is 2.76 bits per heavy atom. The fraction of sp³-hybridized carbons (Fsp3) is 0.364. The molecule has 6 heteroatoms. The highest BCUT2D eigenvalue weighted by Gasteiger charge is 2.17. The lowest BCUT2D eigenvalue weighted by Gasteiger charge is -2.12. The average molecular weight is 238 g/mol. The molecule has 0 aromatic heterocycles. The predicted molar refractivity (Wildman–Crippen MR) is 63.1 cm³/mol. The van der Waals surface area contributed by atoms with Gasteiger partial charge in [-0.05, 0) is 12.5 Å². The van der Waals surface area contributed by atoms with Crippen molar-refractivity contribution in [2.75, 3.05) is 11.9 Å². The van der Waals surface area contributed by atoms with Crippen molar-refractivity contribution in [1.82, 2.24) is 0 Å². The van der Waals surface area contributed by atoms with Crippen LogP contribution in [0.3, 0.4) is 0 Å². The number of hydrogen-bond acceptors (Lipinski definition) is 4. The predicted octanol–water partition coefficient (Wildman–Crippen LogP) is 2.04. The Bertz CT molecular complexity index is 445. The number of aryl methyl sites for hydroxylation is 1. The number of carboxylic acids is 1. The highest BCUT2D eigenvalue weighted by atomic mass is 16.6. The molecular weight excluding hydrogens is 224 g/mol. The van der Waals surface area contributed by atoms with Crippen LogP contribution in [0.25, 0.3) is 0 Å². The zero-order chi connectivity index (χ0) is 13.0. The number of benzene rings is 1. The molecular formula is C11H14N2O4. The molecule has 0 saturated heterocycles. The van der Waals surface area contributed by atoms with Gasteiger partial charge in [0.25, 0.3) is 5.69 Å². The number of nitrogens with zero attached hydrogens (tertiary/aromatic N) is 1. The molecule has 17 heavy (non-hydrogen) atoms. The first-order valence-electron chi connectivity index (χ1n) is 5.14. The van der Waals surface area contributed by atoms with Crippen molar-refractivity contribution in [3.63, 3.8) is 0 Å². The van der Waals surface area contributed by atoms with Crippen LogP contribution in [0, 0.1) is 23.0 Å². The number of hydrogen-bond donors (Lipinski definition) is 2. The van der Waals surface area contributed by atoms with E-state index in [1.165, 1.54) is 6.07 Å². The summed E-state index contributed by atoms with van der Waals surface area (Å²) in [5.74, 6) is -1.54. The van der Waals surface area contributed by atoms with Crippen LogP contribution in [-0.4, -0.2) is 22.5 Å². The molecule has 0 amide bonds. The third kappa shape index (κ3) is 3.17. The number of aliphatic carboxylic acids is 1. The first kappa shape index (κ1) is 13.0. The van der Waals surface area contributed by atoms with Gasteiger partial charge < -0.3 is 10.4 Å². The summed E-state index contributed by atoms with van der Waals surface area (Å²) in [6.07, 6.45) is 0. The fourth-order valence-electron chi connectivity index (χ4n) is 1.38. The van der Waals surface area contributed by atoms with Crippen molar-refractivity contribution in [3.8, 4) is 0 Å². The Morgan fingerprint density at radius 2 is 2.24 bits per heavy atom. The number of para-hydroxylation sites is 1. The van der Waals surface area contributed by atoms with E-state index in [2.05, 4.69) is 5.32 Å². The Hall–Kier alpha value is -2.11. The van der Waals surface area contributed by atoms with E-state index in [4.69, 9.17) is 5.11 Å². The lowest BCUT2D eigenvalue weighted by atomic mass is 10.1. The normalized spacial score (nSPS) is 11.9. The van der Waals surface area contributed by atoms with E-state index in [0.717, 1.165) is 5.56 Å². The van der Waals surface area contributed by atoms with Gasteiger partial charge in [0, 0.05) is 12.6 Å². The number of carboxylic acid groups (broad SMARTS) is 1. The molecule has 6 nitrogen and oxygen atoms in total. The van der Waals surface area contributed by atoms with Crippen molar-refractivity contribution in [3.05, 3.63) is 33.9 Å². The summed E-state index contributed by atoms with van der Waals surface area (Å²) < 4.78 is 0. The summed E-state index contributed by atoms with van der Waals surface area (Å²) in [6, 6.07) is 4.72. The van der Waals surface area contributed by atoms with Gasteiger partial charge in [-0.2, -0.15) is 0 Å². The number of nitro groups is 1. The molecule has 0 aliphatic carbocycles. The second kappa shape index (κ2) is 5.29. The van der Waals surface area contributed by atoms with Crippen molar-refractivity contribution in [2.24, 2.45) is 5.92 Å². The SMILES string of the molecule is Cc1cccc([N+](=O)[O-])c1NCC(C)C(=O)O. The van der Waals surface area contributed by atoms with Crippen molar-refractivity contribution in [2.45, 2.75) is 13.8 Å². The zero-order valence-corrected chi connectivity index (χ0v) is 9.64. The van der Waals surface area contributed by atoms with Gasteiger partial charge in [0.2, 0.25) is 0 Å². The van der Waals surface area contributed by atoms with E-state index in [1.54, 1.807) is 26.0 Å². The molecule has 0 heterocycles. The molecule has 0 saturated carbocycles. The van der Waals surface area contributed by atoms with E-state index >= 15 is 0 Å². The van der Waals surface area contributed by atoms with Crippen LogP contribution in [0.15, 0.2) is 18.2 Å². The van der Waals surface area contributed by atoms with Crippen LogP contribution in [0.2, 0.25) is 0 Å². The summed E-state index contributed by atoms with van der Waals surface area (Å²) in [5.41, 5.74) is 1.06. The number of nitrogens with one attached hydrogen (secondary N) is 1. The zero-order valence-electron chi connectivity index (χ0n) is 9.64. The molecule has 1 aromatic rings. The Balaban J connectivity index is 2.90. The van der Waals surface area contributed by atoms with Gasteiger partial charge in [-0.25, -0.2) is 0 Å². The first-order chi connectivity index (χ1) is 7.93. The third-order valence-corrected chi connectivity index (χ3v) is 2.45. The maximum atomic E-state index is 10.8. The molecule has 2 N–H and O–H groups in total. The minimum atomic E-state index is -0.936. The molecule has 0 aliphatic heterocycles. The maximum Gasteiger partial charge on any atom is 0.308 e. The van der Waals surface area contributed by atoms with Gasteiger partial charge >= 0.3 is 5.97 Å². The van der Waals surface area contributed by atoms with E-state index in [0.29, 0.717) is 5.69 Å². The van der Waals surface area contributed by atoms with Gasteiger partial charge in [0.1, 0.15) is 5.69 Å². The van der Waals surface area contributed by atoms with Crippen LogP contribution in [0.4, 0.5) is 11.4 Å². The van der Waals surface area contributed by atoms with Crippen LogP contribution in [0.1, 0.15) is 12.5 Å². The lowest BCUT2D eigenvalue weighted by Crippen LogP contribution is -2.20. The fourth-order valence-corrected chi connectivity index (χ4v) is 1.38. The molecule has 1 aromatic carbocycles. The summed E-state index contributed by atoms with van der Waals surface area (Å²) in [4.78, 5) is 21.0. The van der Waals surface area contributed by atoms with Gasteiger partial charge in [0.05, 0.1) is 10.8 Å². The smallest absolute Gasteiger partial charge is 0.308 e. The van der Waals surface area contributed by atoms with Gasteiger partial charge in [-0.15, -0.1) is 0 Å². The third-order valence-electron chi connectivity index (χ3n) is 2.45. The number of anilines is 1. The quantitative estimate of drug-likeness (QED) is 0.604. The van der Waals surface area contributed by atoms with Crippen molar-refractivity contribution < 1.29 is 14.8 Å². The second-order valence-electron chi connectivity index (χ2n) is 3.85. The minimum Gasteiger partial charge on any atom is -0.481 e. The van der Waals surface area contributed by atoms with E-state index in [9.17, 15) is 14.9 Å². The monoisotopic (exact) mass is 238 g/mol. The van der Waals surface area contributed by atoms with Crippen LogP contribution >= 0.6 is 0 Å². The Morgan fingerprint density at radius 1 is 1.59 bits per heavy atom. The van der Waals surface area contributed by atoms with Gasteiger partial charge in [-0.1, -0.05) is 19.1 Å². The standard InChI is InChI=1S/C11H14N2O4/c1-7-4-3-5-9(13(16)17)10(7)12-6-8(2)11(14)15/h3-5,8,12H,6H2,1-2H3,(H,14,15). The molecule has 0 radical (unpaired) electrons. The lowest BCUT2D eigenvalue weighted by molar-refractivity contribution is -0.384. The molecule has 0 bridgehead atoms. The molecule has 1 unspecified atom stereocenters. The summed E-state index contributed by atoms with van der Waals surface area (Å²) in [7, 11) is 0. The summed E-state index contributed by atoms with van der Waals surface area (Å²) in [5, 5.41) is 22.4. The summed E-state index contributed by atoms with van der Waals surface area (Å²) in [6.45, 7) is 3.43. The van der Waals surface area contributed by atoms with E-state index < -0.39 is 16.8 Å². The number of carbonyl (C=O) groups is 1. The van der Waals surface area contributed by atoms with Gasteiger partial charge in [0.15, 0.2) is 0 Å². The first-order valence-corrected chi connectivity index (χ1v) is 5.14. The average Bonchev–Trinajstić information content (AvgIpc) is 2.26. The molecule has 1 atom stereocenters. The van der Waals surface area contributed by atoms with E-state index in [-0.39, 0.29) is 12.2 Å². The van der Waals surface area contributed by atoms with Gasteiger partial charge in [-0.3, -0.25) is 14.9 Å². The molecule has 0 fully saturated rings. The highest BCUT2D eigenvalue weighted by molar-refractivity contribution is 5.71. The summed E-state index contributed by atoms with van der Waals surface area (Å²) >= 11 is 0. The van der Waals surface area contributed by atoms with Crippen LogP contribution in [-0.2, 0) is 4.79 Å². The van der Waals surface area contributed by atoms with Crippen LogP contribution in [0.5, 0.6) is 0 Å². The Kier molecular flexibility index (Phi) is 4.03.